The number of benzene rings is 2. The van der Waals surface area contributed by atoms with Crippen LogP contribution in [0.1, 0.15) is 10.4 Å². The highest BCUT2D eigenvalue weighted by atomic mass is 16.1. The molecule has 0 N–H and O–H groups in total. The van der Waals surface area contributed by atoms with Gasteiger partial charge in [0.05, 0.1) is 11.4 Å². The molecule has 0 aliphatic carbocycles. The summed E-state index contributed by atoms with van der Waals surface area (Å²) < 4.78 is 0. The lowest BCUT2D eigenvalue weighted by atomic mass is 10.1. The van der Waals surface area contributed by atoms with Gasteiger partial charge in [0, 0.05) is 5.56 Å². The van der Waals surface area contributed by atoms with Crippen LogP contribution in [0.3, 0.4) is 0 Å². The van der Waals surface area contributed by atoms with Crippen LogP contribution in [0, 0.1) is 0 Å². The van der Waals surface area contributed by atoms with Crippen LogP contribution in [0.4, 0.5) is 11.4 Å². The van der Waals surface area contributed by atoms with Gasteiger partial charge in [0.25, 0.3) is 0 Å². The summed E-state index contributed by atoms with van der Waals surface area (Å²) in [5.41, 5.74) is 2.13. The summed E-state index contributed by atoms with van der Waals surface area (Å²) in [6, 6.07) is 16.5. The molecule has 0 atom stereocenters. The Morgan fingerprint density at radius 2 is 1.47 bits per heavy atom. The quantitative estimate of drug-likeness (QED) is 0.719. The second-order valence-corrected chi connectivity index (χ2v) is 3.73. The number of rotatable bonds is 2. The molecule has 0 amide bonds. The Morgan fingerprint density at radius 3 is 2.18 bits per heavy atom. The lowest BCUT2D eigenvalue weighted by molar-refractivity contribution is 0.106. The molecule has 0 bridgehead atoms. The number of fused-ring (bicyclic) bond motifs is 1. The van der Waals surface area contributed by atoms with Crippen molar-refractivity contribution in [2.75, 3.05) is 0 Å². The molecule has 2 aromatic carbocycles. The predicted octanol–water partition coefficient (Wildman–Crippen LogP) is 2.85. The van der Waals surface area contributed by atoms with Gasteiger partial charge in [-0.05, 0) is 12.1 Å². The molecule has 0 aromatic heterocycles. The predicted molar refractivity (Wildman–Crippen MR) is 66.1 cm³/mol. The number of hydrogen-bond acceptors (Lipinski definition) is 2. The van der Waals surface area contributed by atoms with Gasteiger partial charge in [-0.2, -0.15) is 0 Å². The van der Waals surface area contributed by atoms with E-state index in [2.05, 4.69) is 10.3 Å². The van der Waals surface area contributed by atoms with Crippen molar-refractivity contribution in [3.05, 3.63) is 60.2 Å². The van der Waals surface area contributed by atoms with Gasteiger partial charge in [-0.3, -0.25) is 4.79 Å². The molecule has 1 aliphatic heterocycles. The number of nitrogens with zero attached hydrogens (tertiary/aromatic N) is 2. The summed E-state index contributed by atoms with van der Waals surface area (Å²) in [6.45, 7) is 0. The zero-order valence-electron chi connectivity index (χ0n) is 9.00. The third kappa shape index (κ3) is 1.72. The molecule has 1 radical (unpaired) electrons. The molecule has 81 valence electrons. The first-order valence-corrected chi connectivity index (χ1v) is 5.34. The molecular weight excluding hydrogens is 212 g/mol. The van der Waals surface area contributed by atoms with Crippen molar-refractivity contribution in [1.82, 2.24) is 5.32 Å². The van der Waals surface area contributed by atoms with Gasteiger partial charge in [-0.1, -0.05) is 42.5 Å². The number of amidine groups is 1. The minimum absolute atomic E-state index is 0.137. The average Bonchev–Trinajstić information content (AvgIpc) is 2.82. The SMILES string of the molecule is O=C(C1=Nc2ccccc2[N]1)c1ccccc1. The number of Topliss-reactive ketones (excluding diaryl/α,β-unsaturated/α-hetero) is 1. The van der Waals surface area contributed by atoms with Crippen molar-refractivity contribution in [3.8, 4) is 0 Å². The Labute approximate surface area is 98.8 Å². The molecule has 3 rings (SSSR count). The second kappa shape index (κ2) is 3.87. The minimum Gasteiger partial charge on any atom is -0.285 e. The molecule has 17 heavy (non-hydrogen) atoms. The zero-order chi connectivity index (χ0) is 11.7. The Morgan fingerprint density at radius 1 is 0.824 bits per heavy atom. The van der Waals surface area contributed by atoms with Crippen molar-refractivity contribution in [1.29, 1.82) is 0 Å². The van der Waals surface area contributed by atoms with Crippen molar-refractivity contribution >= 4 is 23.0 Å². The fourth-order valence-electron chi connectivity index (χ4n) is 1.73. The summed E-state index contributed by atoms with van der Waals surface area (Å²) in [5.74, 6) is 0.124. The Bertz CT molecular complexity index is 603. The van der Waals surface area contributed by atoms with E-state index in [9.17, 15) is 4.79 Å². The number of hydrogen-bond donors (Lipinski definition) is 0. The van der Waals surface area contributed by atoms with Gasteiger partial charge in [0.15, 0.2) is 0 Å². The highest BCUT2D eigenvalue weighted by molar-refractivity contribution is 6.47. The third-order valence-corrected chi connectivity index (χ3v) is 2.57. The van der Waals surface area contributed by atoms with Crippen LogP contribution in [-0.2, 0) is 0 Å². The maximum Gasteiger partial charge on any atom is 0.230 e. The average molecular weight is 221 g/mol. The molecule has 1 heterocycles. The molecule has 0 spiro atoms. The fourth-order valence-corrected chi connectivity index (χ4v) is 1.73. The summed E-state index contributed by atoms with van der Waals surface area (Å²) in [7, 11) is 0. The van der Waals surface area contributed by atoms with Crippen LogP contribution in [0.5, 0.6) is 0 Å². The van der Waals surface area contributed by atoms with Crippen molar-refractivity contribution in [3.63, 3.8) is 0 Å². The van der Waals surface area contributed by atoms with E-state index in [0.29, 0.717) is 5.56 Å². The number of carbonyl (C=O) groups excluding carboxylic acids is 1. The van der Waals surface area contributed by atoms with E-state index in [1.807, 2.05) is 42.5 Å². The van der Waals surface area contributed by atoms with E-state index in [0.717, 1.165) is 11.4 Å². The molecule has 3 heteroatoms. The Balaban J connectivity index is 1.93. The van der Waals surface area contributed by atoms with Crippen LogP contribution in [0.2, 0.25) is 0 Å². The lowest BCUT2D eigenvalue weighted by Crippen LogP contribution is -2.19. The van der Waals surface area contributed by atoms with Crippen molar-refractivity contribution in [2.24, 2.45) is 4.99 Å². The maximum atomic E-state index is 12.1. The number of carbonyl (C=O) groups is 1. The molecule has 2 aromatic rings. The summed E-state index contributed by atoms with van der Waals surface area (Å²) in [5, 5.41) is 4.23. The van der Waals surface area contributed by atoms with Gasteiger partial charge >= 0.3 is 0 Å². The lowest BCUT2D eigenvalue weighted by Gasteiger charge is -1.98. The molecule has 0 saturated heterocycles. The largest absolute Gasteiger partial charge is 0.285 e. The highest BCUT2D eigenvalue weighted by Gasteiger charge is 2.22. The first-order valence-electron chi connectivity index (χ1n) is 5.34. The molecule has 0 unspecified atom stereocenters. The summed E-state index contributed by atoms with van der Waals surface area (Å²) in [4.78, 5) is 16.3. The van der Waals surface area contributed by atoms with E-state index in [1.54, 1.807) is 12.1 Å². The second-order valence-electron chi connectivity index (χ2n) is 3.73. The monoisotopic (exact) mass is 221 g/mol. The van der Waals surface area contributed by atoms with E-state index >= 15 is 0 Å². The smallest absolute Gasteiger partial charge is 0.230 e. The van der Waals surface area contributed by atoms with Gasteiger partial charge in [-0.15, -0.1) is 0 Å². The fraction of sp³-hybridized carbons (Fsp3) is 0. The molecule has 0 fully saturated rings. The van der Waals surface area contributed by atoms with Crippen LogP contribution >= 0.6 is 0 Å². The Hall–Kier alpha value is -2.42. The van der Waals surface area contributed by atoms with Crippen LogP contribution in [0.15, 0.2) is 59.6 Å². The standard InChI is InChI=1S/C14H9N2O/c17-13(10-6-2-1-3-7-10)14-15-11-8-4-5-9-12(11)16-14/h1-9H. The van der Waals surface area contributed by atoms with E-state index in [4.69, 9.17) is 0 Å². The first-order chi connectivity index (χ1) is 8.34. The first kappa shape index (κ1) is 9.78. The highest BCUT2D eigenvalue weighted by Crippen LogP contribution is 2.30. The molecular formula is C14H9N2O. The van der Waals surface area contributed by atoms with Crippen molar-refractivity contribution in [2.45, 2.75) is 0 Å². The van der Waals surface area contributed by atoms with Gasteiger partial charge < -0.3 is 0 Å². The molecule has 1 aliphatic rings. The maximum absolute atomic E-state index is 12.1. The van der Waals surface area contributed by atoms with Crippen LogP contribution < -0.4 is 5.32 Å². The van der Waals surface area contributed by atoms with Gasteiger partial charge in [0.1, 0.15) is 0 Å². The van der Waals surface area contributed by atoms with Gasteiger partial charge in [0.2, 0.25) is 11.6 Å². The number of ketones is 1. The normalized spacial score (nSPS) is 12.6. The van der Waals surface area contributed by atoms with E-state index in [-0.39, 0.29) is 11.6 Å². The van der Waals surface area contributed by atoms with E-state index in [1.165, 1.54) is 0 Å². The van der Waals surface area contributed by atoms with Crippen molar-refractivity contribution < 1.29 is 4.79 Å². The van der Waals surface area contributed by atoms with Crippen LogP contribution in [-0.4, -0.2) is 11.6 Å². The van der Waals surface area contributed by atoms with Gasteiger partial charge in [-0.25, -0.2) is 10.3 Å². The van der Waals surface area contributed by atoms with Crippen LogP contribution in [0.25, 0.3) is 0 Å². The minimum atomic E-state index is -0.137. The number of aliphatic imine (C=N–C) groups is 1. The number of para-hydroxylation sites is 2. The summed E-state index contributed by atoms with van der Waals surface area (Å²) >= 11 is 0. The zero-order valence-corrected chi connectivity index (χ0v) is 9.00. The van der Waals surface area contributed by atoms with E-state index < -0.39 is 0 Å². The molecule has 3 nitrogen and oxygen atoms in total. The summed E-state index contributed by atoms with van der Waals surface area (Å²) in [6.07, 6.45) is 0. The Kier molecular flexibility index (Phi) is 2.22. The third-order valence-electron chi connectivity index (χ3n) is 2.57. The molecule has 0 saturated carbocycles. The topological polar surface area (TPSA) is 43.5 Å².